The van der Waals surface area contributed by atoms with E-state index in [2.05, 4.69) is 37.5 Å². The molecular formula is C37H56Cl2N2O6. The fourth-order valence-corrected chi connectivity index (χ4v) is 6.17. The van der Waals surface area contributed by atoms with Gasteiger partial charge in [-0.05, 0) is 126 Å². The van der Waals surface area contributed by atoms with E-state index in [0.29, 0.717) is 41.6 Å². The van der Waals surface area contributed by atoms with Gasteiger partial charge in [-0.1, -0.05) is 53.4 Å². The highest BCUT2D eigenvalue weighted by Crippen LogP contribution is 2.30. The molecule has 2 aromatic carbocycles. The van der Waals surface area contributed by atoms with E-state index in [-0.39, 0.29) is 52.1 Å². The Morgan fingerprint density at radius 2 is 1.15 bits per heavy atom. The third-order valence-corrected chi connectivity index (χ3v) is 8.74. The van der Waals surface area contributed by atoms with Crippen LogP contribution in [-0.2, 0) is 12.8 Å². The van der Waals surface area contributed by atoms with Crippen LogP contribution in [0, 0.1) is 0 Å². The molecule has 3 aromatic rings. The molecule has 3 rings (SSSR count). The van der Waals surface area contributed by atoms with Gasteiger partial charge in [0.05, 0.1) is 21.9 Å². The number of fused-ring (bicyclic) bond motifs is 2. The van der Waals surface area contributed by atoms with Crippen molar-refractivity contribution < 1.29 is 24.2 Å². The second-order valence-corrected chi connectivity index (χ2v) is 12.3. The van der Waals surface area contributed by atoms with E-state index in [1.807, 2.05) is 0 Å². The molecule has 47 heavy (non-hydrogen) atoms. The van der Waals surface area contributed by atoms with Crippen LogP contribution in [-0.4, -0.2) is 71.2 Å². The lowest BCUT2D eigenvalue weighted by Crippen LogP contribution is -2.28. The summed E-state index contributed by atoms with van der Waals surface area (Å²) in [6.45, 7) is 14.5. The molecule has 10 heteroatoms. The third kappa shape index (κ3) is 12.1. The lowest BCUT2D eigenvalue weighted by Gasteiger charge is -2.23. The lowest BCUT2D eigenvalue weighted by atomic mass is 9.90. The summed E-state index contributed by atoms with van der Waals surface area (Å²) in [7, 11) is 0. The Bertz CT molecular complexity index is 1460. The highest BCUT2D eigenvalue weighted by molar-refractivity contribution is 6.02. The van der Waals surface area contributed by atoms with Crippen molar-refractivity contribution in [1.29, 1.82) is 0 Å². The van der Waals surface area contributed by atoms with E-state index in [1.54, 1.807) is 6.07 Å². The van der Waals surface area contributed by atoms with Crippen LogP contribution in [0.5, 0.6) is 0 Å². The van der Waals surface area contributed by atoms with Crippen LogP contribution in [0.25, 0.3) is 21.9 Å². The predicted molar refractivity (Wildman–Crippen MR) is 198 cm³/mol. The molecule has 2 N–H and O–H groups in total. The van der Waals surface area contributed by atoms with E-state index in [0.717, 1.165) is 97.1 Å². The summed E-state index contributed by atoms with van der Waals surface area (Å²) in [6, 6.07) is 6.02. The van der Waals surface area contributed by atoms with Crippen molar-refractivity contribution in [3.63, 3.8) is 0 Å². The Hall–Kier alpha value is -2.65. The summed E-state index contributed by atoms with van der Waals surface area (Å²) >= 11 is 0. The van der Waals surface area contributed by atoms with Crippen LogP contribution in [0.1, 0.15) is 124 Å². The van der Waals surface area contributed by atoms with Crippen LogP contribution < -0.4 is 5.43 Å². The van der Waals surface area contributed by atoms with Crippen LogP contribution in [0.4, 0.5) is 0 Å². The van der Waals surface area contributed by atoms with Crippen molar-refractivity contribution in [3.8, 4) is 0 Å². The molecule has 8 nitrogen and oxygen atoms in total. The number of carboxylic acid groups (broad SMARTS) is 2. The summed E-state index contributed by atoms with van der Waals surface area (Å²) in [6.07, 6.45) is 11.5. The predicted octanol–water partition coefficient (Wildman–Crippen LogP) is 8.86. The Balaban J connectivity index is 0.00000552. The number of carbonyl (C=O) groups is 2. The van der Waals surface area contributed by atoms with Gasteiger partial charge < -0.3 is 24.4 Å². The van der Waals surface area contributed by atoms with Gasteiger partial charge in [0.1, 0.15) is 11.2 Å². The average molecular weight is 696 g/mol. The summed E-state index contributed by atoms with van der Waals surface area (Å²) in [5, 5.41) is 20.5. The molecule has 0 bridgehead atoms. The molecular weight excluding hydrogens is 639 g/mol. The first-order valence-electron chi connectivity index (χ1n) is 17.2. The minimum absolute atomic E-state index is 0. The van der Waals surface area contributed by atoms with Crippen molar-refractivity contribution in [2.24, 2.45) is 0 Å². The Kier molecular flexibility index (Phi) is 19.9. The molecule has 0 saturated heterocycles. The van der Waals surface area contributed by atoms with Crippen LogP contribution >= 0.6 is 24.8 Å². The Morgan fingerprint density at radius 1 is 0.660 bits per heavy atom. The Labute approximate surface area is 292 Å². The zero-order valence-corrected chi connectivity index (χ0v) is 30.4. The topological polar surface area (TPSA) is 111 Å². The van der Waals surface area contributed by atoms with Crippen molar-refractivity contribution in [3.05, 3.63) is 56.7 Å². The molecule has 1 heterocycles. The van der Waals surface area contributed by atoms with Crippen LogP contribution in [0.3, 0.4) is 0 Å². The zero-order chi connectivity index (χ0) is 32.8. The molecule has 0 unspecified atom stereocenters. The van der Waals surface area contributed by atoms with E-state index in [4.69, 9.17) is 4.42 Å². The van der Waals surface area contributed by atoms with Crippen molar-refractivity contribution in [1.82, 2.24) is 9.80 Å². The summed E-state index contributed by atoms with van der Waals surface area (Å²) in [5.74, 6) is -2.17. The van der Waals surface area contributed by atoms with E-state index < -0.39 is 11.9 Å². The molecule has 0 saturated carbocycles. The first kappa shape index (κ1) is 42.4. The number of benzene rings is 2. The monoisotopic (exact) mass is 694 g/mol. The molecule has 0 spiro atoms. The molecule has 0 atom stereocenters. The van der Waals surface area contributed by atoms with E-state index in [1.165, 1.54) is 18.2 Å². The van der Waals surface area contributed by atoms with Gasteiger partial charge in [0.15, 0.2) is 0 Å². The minimum Gasteiger partial charge on any atom is -0.478 e. The standard InChI is InChI=1S/C37H54N2O6.2ClH/c1-5-9-19-38(20-10-6-2)23-13-15-27-26-32-34(35(40)30-25-28(36(41)42)17-18-31(30)45-32)29(33(27)37(43)44)16-14-24-39(21-11-7-3)22-12-8-4;;/h17-18,25-26H,5-16,19-24H2,1-4H3,(H,41,42)(H,43,44);2*1H. The average Bonchev–Trinajstić information content (AvgIpc) is 3.02. The molecule has 1 aromatic heterocycles. The highest BCUT2D eigenvalue weighted by Gasteiger charge is 2.24. The first-order chi connectivity index (χ1) is 21.7. The summed E-state index contributed by atoms with van der Waals surface area (Å²) in [4.78, 5) is 43.5. The number of carboxylic acids is 2. The normalized spacial score (nSPS) is 11.3. The molecule has 0 radical (unpaired) electrons. The quantitative estimate of drug-likeness (QED) is 0.100. The van der Waals surface area contributed by atoms with Gasteiger partial charge in [-0.3, -0.25) is 4.79 Å². The van der Waals surface area contributed by atoms with Gasteiger partial charge in [0, 0.05) is 0 Å². The highest BCUT2D eigenvalue weighted by atomic mass is 35.5. The number of halogens is 2. The van der Waals surface area contributed by atoms with E-state index in [9.17, 15) is 24.6 Å². The third-order valence-electron chi connectivity index (χ3n) is 8.74. The van der Waals surface area contributed by atoms with Crippen molar-refractivity contribution in [2.75, 3.05) is 39.3 Å². The maximum atomic E-state index is 14.0. The van der Waals surface area contributed by atoms with Gasteiger partial charge in [0.25, 0.3) is 0 Å². The zero-order valence-electron chi connectivity index (χ0n) is 28.8. The van der Waals surface area contributed by atoms with Gasteiger partial charge in [-0.2, -0.15) is 0 Å². The number of rotatable bonds is 22. The van der Waals surface area contributed by atoms with Crippen LogP contribution in [0.15, 0.2) is 33.5 Å². The number of hydrogen-bond acceptors (Lipinski definition) is 6. The van der Waals surface area contributed by atoms with Gasteiger partial charge in [-0.25, -0.2) is 9.59 Å². The second kappa shape index (κ2) is 22.1. The largest absolute Gasteiger partial charge is 0.478 e. The number of aromatic carboxylic acids is 2. The van der Waals surface area contributed by atoms with E-state index >= 15 is 0 Å². The summed E-state index contributed by atoms with van der Waals surface area (Å²) in [5.41, 5.74) is 1.68. The second-order valence-electron chi connectivity index (χ2n) is 12.3. The fourth-order valence-electron chi connectivity index (χ4n) is 6.17. The minimum atomic E-state index is -1.13. The van der Waals surface area contributed by atoms with Gasteiger partial charge >= 0.3 is 11.9 Å². The number of nitrogens with zero attached hydrogens (tertiary/aromatic N) is 2. The fraction of sp³-hybridized carbons (Fsp3) is 0.595. The summed E-state index contributed by atoms with van der Waals surface area (Å²) < 4.78 is 6.24. The number of unbranched alkanes of at least 4 members (excludes halogenated alkanes) is 4. The SMILES string of the molecule is CCCCN(CCCC)CCCc1cc2oc3ccc(C(=O)O)cc3c(=O)c2c(CCCN(CCCC)CCCC)c1C(=O)O.Cl.Cl. The molecule has 264 valence electrons. The molecule has 0 amide bonds. The lowest BCUT2D eigenvalue weighted by molar-refractivity contribution is 0.0685. The molecule has 0 fully saturated rings. The van der Waals surface area contributed by atoms with Gasteiger partial charge in [-0.15, -0.1) is 24.8 Å². The maximum absolute atomic E-state index is 14.0. The first-order valence-corrected chi connectivity index (χ1v) is 17.2. The smallest absolute Gasteiger partial charge is 0.336 e. The molecule has 0 aliphatic rings. The molecule has 0 aliphatic heterocycles. The maximum Gasteiger partial charge on any atom is 0.336 e. The van der Waals surface area contributed by atoms with Crippen molar-refractivity contribution >= 4 is 58.7 Å². The Morgan fingerprint density at radius 3 is 1.62 bits per heavy atom. The number of hydrogen-bond donors (Lipinski definition) is 2. The molecule has 0 aliphatic carbocycles. The van der Waals surface area contributed by atoms with Gasteiger partial charge in [0.2, 0.25) is 5.43 Å². The number of aryl methyl sites for hydroxylation is 2. The van der Waals surface area contributed by atoms with Crippen LogP contribution in [0.2, 0.25) is 0 Å². The van der Waals surface area contributed by atoms with Crippen molar-refractivity contribution in [2.45, 2.75) is 105 Å².